The molecule has 1 N–H and O–H groups in total. The summed E-state index contributed by atoms with van der Waals surface area (Å²) in [6.45, 7) is 9.40. The average Bonchev–Trinajstić information content (AvgIpc) is 3.02. The van der Waals surface area contributed by atoms with Gasteiger partial charge in [0, 0.05) is 12.0 Å². The normalized spacial score (nSPS) is 15.6. The topological polar surface area (TPSA) is 51.0 Å². The summed E-state index contributed by atoms with van der Waals surface area (Å²) in [6, 6.07) is 10.6. The summed E-state index contributed by atoms with van der Waals surface area (Å²) in [5, 5.41) is 7.65. The number of nitrogens with one attached hydrogen (secondary N) is 1. The highest BCUT2D eigenvalue weighted by Gasteiger charge is 2.25. The Morgan fingerprint density at radius 3 is 2.48 bits per heavy atom. The van der Waals surface area contributed by atoms with Gasteiger partial charge in [0.2, 0.25) is 5.89 Å². The minimum Gasteiger partial charge on any atom is -0.339 e. The van der Waals surface area contributed by atoms with Gasteiger partial charge >= 0.3 is 0 Å². The van der Waals surface area contributed by atoms with E-state index in [4.69, 9.17) is 4.52 Å². The number of benzene rings is 1. The molecule has 4 heteroatoms. The molecule has 3 unspecified atom stereocenters. The zero-order chi connectivity index (χ0) is 15.2. The number of hydrogen-bond donors (Lipinski definition) is 1. The molecule has 1 aromatic carbocycles. The Kier molecular flexibility index (Phi) is 5.51. The van der Waals surface area contributed by atoms with Gasteiger partial charge in [-0.15, -0.1) is 0 Å². The van der Waals surface area contributed by atoms with Crippen LogP contribution in [0, 0.1) is 0 Å². The Labute approximate surface area is 127 Å². The maximum Gasteiger partial charge on any atom is 0.231 e. The third kappa shape index (κ3) is 3.70. The lowest BCUT2D eigenvalue weighted by Gasteiger charge is -2.22. The molecule has 0 aliphatic heterocycles. The molecule has 0 aliphatic carbocycles. The second-order valence-corrected chi connectivity index (χ2v) is 5.53. The molecule has 2 rings (SSSR count). The van der Waals surface area contributed by atoms with Crippen molar-refractivity contribution < 1.29 is 4.52 Å². The second-order valence-electron chi connectivity index (χ2n) is 5.53. The Morgan fingerprint density at radius 1 is 1.14 bits per heavy atom. The van der Waals surface area contributed by atoms with Gasteiger partial charge in [0.25, 0.3) is 0 Å². The molecule has 0 fully saturated rings. The van der Waals surface area contributed by atoms with Crippen molar-refractivity contribution in [3.8, 4) is 0 Å². The summed E-state index contributed by atoms with van der Waals surface area (Å²) in [6.07, 6.45) is 1.02. The molecule has 3 atom stereocenters. The SMILES string of the molecule is CCNC(c1ccccc1)C(C)c1nc(C(C)CC)no1. The molecule has 21 heavy (non-hydrogen) atoms. The molecular formula is C17H25N3O. The van der Waals surface area contributed by atoms with Gasteiger partial charge < -0.3 is 9.84 Å². The predicted molar refractivity (Wildman–Crippen MR) is 84.3 cm³/mol. The lowest BCUT2D eigenvalue weighted by molar-refractivity contribution is 0.323. The first-order chi connectivity index (χ1) is 10.2. The van der Waals surface area contributed by atoms with E-state index < -0.39 is 0 Å². The van der Waals surface area contributed by atoms with Crippen LogP contribution in [0.25, 0.3) is 0 Å². The van der Waals surface area contributed by atoms with Crippen molar-refractivity contribution in [1.82, 2.24) is 15.5 Å². The van der Waals surface area contributed by atoms with Crippen LogP contribution in [0.1, 0.15) is 69.3 Å². The minimum absolute atomic E-state index is 0.137. The second kappa shape index (κ2) is 7.36. The predicted octanol–water partition coefficient (Wildman–Crippen LogP) is 4.04. The van der Waals surface area contributed by atoms with Crippen LogP contribution in [0.4, 0.5) is 0 Å². The fourth-order valence-corrected chi connectivity index (χ4v) is 2.42. The van der Waals surface area contributed by atoms with E-state index in [2.05, 4.69) is 67.4 Å². The molecule has 4 nitrogen and oxygen atoms in total. The number of nitrogens with zero attached hydrogens (tertiary/aromatic N) is 2. The van der Waals surface area contributed by atoms with Crippen molar-refractivity contribution in [3.63, 3.8) is 0 Å². The first kappa shape index (κ1) is 15.7. The first-order valence-electron chi connectivity index (χ1n) is 7.79. The van der Waals surface area contributed by atoms with Gasteiger partial charge in [0.15, 0.2) is 5.82 Å². The summed E-state index contributed by atoms with van der Waals surface area (Å²) in [5.41, 5.74) is 1.25. The fourth-order valence-electron chi connectivity index (χ4n) is 2.42. The molecule has 0 saturated carbocycles. The van der Waals surface area contributed by atoms with E-state index in [0.717, 1.165) is 18.8 Å². The van der Waals surface area contributed by atoms with Gasteiger partial charge in [-0.2, -0.15) is 4.98 Å². The third-order valence-corrected chi connectivity index (χ3v) is 3.98. The van der Waals surface area contributed by atoms with Gasteiger partial charge in [-0.05, 0) is 18.5 Å². The Morgan fingerprint density at radius 2 is 1.86 bits per heavy atom. The zero-order valence-electron chi connectivity index (χ0n) is 13.3. The number of aromatic nitrogens is 2. The largest absolute Gasteiger partial charge is 0.339 e. The van der Waals surface area contributed by atoms with E-state index in [1.165, 1.54) is 5.56 Å². The van der Waals surface area contributed by atoms with E-state index >= 15 is 0 Å². The highest BCUT2D eigenvalue weighted by atomic mass is 16.5. The van der Waals surface area contributed by atoms with Crippen LogP contribution in [0.2, 0.25) is 0 Å². The lowest BCUT2D eigenvalue weighted by atomic mass is 9.94. The summed E-state index contributed by atoms with van der Waals surface area (Å²) >= 11 is 0. The Hall–Kier alpha value is -1.68. The van der Waals surface area contributed by atoms with Crippen LogP contribution in [0.3, 0.4) is 0 Å². The quantitative estimate of drug-likeness (QED) is 0.835. The summed E-state index contributed by atoms with van der Waals surface area (Å²) < 4.78 is 5.50. The monoisotopic (exact) mass is 287 g/mol. The number of rotatable bonds is 7. The molecule has 1 aromatic heterocycles. The number of hydrogen-bond acceptors (Lipinski definition) is 4. The van der Waals surface area contributed by atoms with E-state index in [0.29, 0.717) is 11.8 Å². The van der Waals surface area contributed by atoms with Gasteiger partial charge in [-0.3, -0.25) is 0 Å². The summed E-state index contributed by atoms with van der Waals surface area (Å²) in [4.78, 5) is 4.59. The maximum absolute atomic E-state index is 5.50. The van der Waals surface area contributed by atoms with Crippen molar-refractivity contribution in [2.24, 2.45) is 0 Å². The fraction of sp³-hybridized carbons (Fsp3) is 0.529. The minimum atomic E-state index is 0.137. The molecular weight excluding hydrogens is 262 g/mol. The molecule has 114 valence electrons. The smallest absolute Gasteiger partial charge is 0.231 e. The van der Waals surface area contributed by atoms with Crippen molar-refractivity contribution >= 4 is 0 Å². The Bertz CT molecular complexity index is 538. The average molecular weight is 287 g/mol. The summed E-state index contributed by atoms with van der Waals surface area (Å²) in [7, 11) is 0. The van der Waals surface area contributed by atoms with Crippen molar-refractivity contribution in [1.29, 1.82) is 0 Å². The van der Waals surface area contributed by atoms with Crippen LogP contribution < -0.4 is 5.32 Å². The van der Waals surface area contributed by atoms with E-state index in [-0.39, 0.29) is 12.0 Å². The molecule has 0 bridgehead atoms. The molecule has 0 saturated heterocycles. The molecule has 0 spiro atoms. The van der Waals surface area contributed by atoms with Gasteiger partial charge in [-0.25, -0.2) is 0 Å². The van der Waals surface area contributed by atoms with Crippen LogP contribution in [0.15, 0.2) is 34.9 Å². The third-order valence-electron chi connectivity index (χ3n) is 3.98. The highest BCUT2D eigenvalue weighted by molar-refractivity contribution is 5.22. The maximum atomic E-state index is 5.50. The van der Waals surface area contributed by atoms with Gasteiger partial charge in [0.05, 0.1) is 5.92 Å². The molecule has 2 aromatic rings. The van der Waals surface area contributed by atoms with E-state index in [1.54, 1.807) is 0 Å². The highest BCUT2D eigenvalue weighted by Crippen LogP contribution is 2.30. The van der Waals surface area contributed by atoms with E-state index in [9.17, 15) is 0 Å². The van der Waals surface area contributed by atoms with Gasteiger partial charge in [-0.1, -0.05) is 63.2 Å². The van der Waals surface area contributed by atoms with Crippen LogP contribution in [-0.4, -0.2) is 16.7 Å². The summed E-state index contributed by atoms with van der Waals surface area (Å²) in [5.74, 6) is 1.99. The van der Waals surface area contributed by atoms with E-state index in [1.807, 2.05) is 6.07 Å². The molecule has 0 radical (unpaired) electrons. The zero-order valence-corrected chi connectivity index (χ0v) is 13.3. The molecule has 1 heterocycles. The van der Waals surface area contributed by atoms with Crippen molar-refractivity contribution in [3.05, 3.63) is 47.6 Å². The van der Waals surface area contributed by atoms with Crippen molar-refractivity contribution in [2.75, 3.05) is 6.54 Å². The number of likely N-dealkylation sites (N-methyl/N-ethyl adjacent to an activating group) is 1. The van der Waals surface area contributed by atoms with Crippen molar-refractivity contribution in [2.45, 2.75) is 52.0 Å². The van der Waals surface area contributed by atoms with Crippen LogP contribution in [0.5, 0.6) is 0 Å². The lowest BCUT2D eigenvalue weighted by Crippen LogP contribution is -2.26. The first-order valence-corrected chi connectivity index (χ1v) is 7.79. The molecule has 0 aliphatic rings. The Balaban J connectivity index is 2.22. The molecule has 0 amide bonds. The standard InChI is InChI=1S/C17H25N3O/c1-5-12(3)16-19-17(21-20-16)13(4)15(18-6-2)14-10-8-7-9-11-14/h7-13,15,18H,5-6H2,1-4H3. The van der Waals surface area contributed by atoms with Crippen LogP contribution >= 0.6 is 0 Å². The van der Waals surface area contributed by atoms with Crippen LogP contribution in [-0.2, 0) is 0 Å². The van der Waals surface area contributed by atoms with Gasteiger partial charge in [0.1, 0.15) is 0 Å².